The van der Waals surface area contributed by atoms with Crippen molar-refractivity contribution in [2.45, 2.75) is 0 Å². The molecule has 0 saturated heterocycles. The maximum Gasteiger partial charge on any atom is 0.238 e. The molecular weight excluding hydrogens is 540 g/mol. The van der Waals surface area contributed by atoms with Crippen LogP contribution in [0.25, 0.3) is 71.5 Å². The molecule has 44 heavy (non-hydrogen) atoms. The average Bonchev–Trinajstić information content (AvgIpc) is 3.42. The first-order chi connectivity index (χ1) is 21.8. The van der Waals surface area contributed by atoms with Gasteiger partial charge >= 0.3 is 0 Å². The zero-order chi connectivity index (χ0) is 28.8. The second-order valence-electron chi connectivity index (χ2n) is 11.1. The first-order valence-electron chi connectivity index (χ1n) is 14.7. The number of hydrogen-bond donors (Lipinski definition) is 0. The molecule has 10 rings (SSSR count). The Morgan fingerprint density at radius 1 is 0.455 bits per heavy atom. The van der Waals surface area contributed by atoms with Crippen LogP contribution in [0.15, 0.2) is 134 Å². The van der Waals surface area contributed by atoms with E-state index in [1.165, 1.54) is 10.8 Å². The Balaban J connectivity index is 1.35. The van der Waals surface area contributed by atoms with Crippen LogP contribution in [0.3, 0.4) is 0 Å². The fourth-order valence-electron chi connectivity index (χ4n) is 6.90. The molecule has 4 aromatic heterocycles. The lowest BCUT2D eigenvalue weighted by molar-refractivity contribution is 1.03. The molecule has 204 valence electrons. The topological polar surface area (TPSA) is 59.7 Å². The van der Waals surface area contributed by atoms with Crippen LogP contribution in [-0.4, -0.2) is 24.5 Å². The molecule has 1 aliphatic heterocycles. The predicted molar refractivity (Wildman–Crippen MR) is 178 cm³/mol. The van der Waals surface area contributed by atoms with Crippen molar-refractivity contribution < 1.29 is 0 Å². The number of rotatable bonds is 2. The summed E-state index contributed by atoms with van der Waals surface area (Å²) in [6, 6.07) is 44.0. The van der Waals surface area contributed by atoms with Crippen LogP contribution in [0.2, 0.25) is 0 Å². The van der Waals surface area contributed by atoms with E-state index in [0.717, 1.165) is 72.2 Å². The lowest BCUT2D eigenvalue weighted by Crippen LogP contribution is -2.20. The quantitative estimate of drug-likeness (QED) is 0.197. The molecule has 6 nitrogen and oxygen atoms in total. The second-order valence-corrected chi connectivity index (χ2v) is 11.1. The van der Waals surface area contributed by atoms with Gasteiger partial charge < -0.3 is 0 Å². The number of fused-ring (bicyclic) bond motifs is 8. The van der Waals surface area contributed by atoms with Crippen molar-refractivity contribution in [3.63, 3.8) is 0 Å². The highest BCUT2D eigenvalue weighted by Gasteiger charge is 2.31. The van der Waals surface area contributed by atoms with Gasteiger partial charge in [0.2, 0.25) is 5.95 Å². The molecule has 9 aromatic rings. The molecule has 0 amide bonds. The van der Waals surface area contributed by atoms with Gasteiger partial charge in [0.15, 0.2) is 11.6 Å². The number of pyridine rings is 2. The average molecular weight is 563 g/mol. The van der Waals surface area contributed by atoms with Gasteiger partial charge in [0.05, 0.1) is 38.8 Å². The van der Waals surface area contributed by atoms with Gasteiger partial charge in [-0.2, -0.15) is 4.98 Å². The summed E-state index contributed by atoms with van der Waals surface area (Å²) in [5.41, 5.74) is 6.88. The molecule has 0 atom stereocenters. The summed E-state index contributed by atoms with van der Waals surface area (Å²) in [6.45, 7) is 0. The Morgan fingerprint density at radius 2 is 1.07 bits per heavy atom. The zero-order valence-corrected chi connectivity index (χ0v) is 23.4. The van der Waals surface area contributed by atoms with E-state index in [4.69, 9.17) is 19.9 Å². The smallest absolute Gasteiger partial charge is 0.238 e. The highest BCUT2D eigenvalue weighted by molar-refractivity contribution is 6.19. The second kappa shape index (κ2) is 8.69. The van der Waals surface area contributed by atoms with Crippen LogP contribution < -0.4 is 4.90 Å². The number of anilines is 3. The van der Waals surface area contributed by atoms with Gasteiger partial charge in [-0.3, -0.25) is 14.5 Å². The van der Waals surface area contributed by atoms with Gasteiger partial charge in [-0.05, 0) is 47.9 Å². The fourth-order valence-corrected chi connectivity index (χ4v) is 6.90. The third-order valence-corrected chi connectivity index (χ3v) is 8.77. The van der Waals surface area contributed by atoms with E-state index in [2.05, 4.69) is 119 Å². The summed E-state index contributed by atoms with van der Waals surface area (Å²) in [7, 11) is 0. The Kier molecular flexibility index (Phi) is 4.63. The summed E-state index contributed by atoms with van der Waals surface area (Å²) in [4.78, 5) is 22.9. The molecule has 6 heteroatoms. The monoisotopic (exact) mass is 562 g/mol. The van der Waals surface area contributed by atoms with Gasteiger partial charge in [0.1, 0.15) is 0 Å². The van der Waals surface area contributed by atoms with Crippen LogP contribution in [0, 0.1) is 0 Å². The molecule has 1 aliphatic rings. The molecule has 0 saturated carbocycles. The van der Waals surface area contributed by atoms with Gasteiger partial charge in [0.25, 0.3) is 0 Å². The Morgan fingerprint density at radius 3 is 1.84 bits per heavy atom. The van der Waals surface area contributed by atoms with E-state index in [1.54, 1.807) is 0 Å². The van der Waals surface area contributed by atoms with E-state index in [9.17, 15) is 0 Å². The summed E-state index contributed by atoms with van der Waals surface area (Å²) in [6.07, 6.45) is 1.90. The normalized spacial score (nSPS) is 12.5. The maximum absolute atomic E-state index is 5.42. The summed E-state index contributed by atoms with van der Waals surface area (Å²) in [5, 5.41) is 6.56. The van der Waals surface area contributed by atoms with Gasteiger partial charge in [-0.1, -0.05) is 84.9 Å². The third-order valence-electron chi connectivity index (χ3n) is 8.77. The number of nitrogens with zero attached hydrogens (tertiary/aromatic N) is 6. The highest BCUT2D eigenvalue weighted by Crippen LogP contribution is 2.50. The minimum Gasteiger partial charge on any atom is -0.293 e. The Labute approximate surface area is 251 Å². The summed E-state index contributed by atoms with van der Waals surface area (Å²) in [5.74, 6) is 2.17. The molecule has 5 heterocycles. The first kappa shape index (κ1) is 23.4. The minimum absolute atomic E-state index is 0.562. The van der Waals surface area contributed by atoms with E-state index >= 15 is 0 Å². The number of aromatic nitrogens is 5. The van der Waals surface area contributed by atoms with Crippen molar-refractivity contribution in [1.82, 2.24) is 24.5 Å². The number of benzene rings is 5. The van der Waals surface area contributed by atoms with E-state index in [1.807, 2.05) is 24.4 Å². The lowest BCUT2D eigenvalue weighted by Gasteiger charge is -2.31. The van der Waals surface area contributed by atoms with E-state index in [-0.39, 0.29) is 0 Å². The van der Waals surface area contributed by atoms with Crippen molar-refractivity contribution in [2.24, 2.45) is 0 Å². The molecule has 0 bridgehead atoms. The molecule has 0 unspecified atom stereocenters. The van der Waals surface area contributed by atoms with Gasteiger partial charge in [0, 0.05) is 33.3 Å². The summed E-state index contributed by atoms with van der Waals surface area (Å²) < 4.78 is 2.27. The predicted octanol–water partition coefficient (Wildman–Crippen LogP) is 9.27. The van der Waals surface area contributed by atoms with Crippen molar-refractivity contribution in [2.75, 3.05) is 4.90 Å². The largest absolute Gasteiger partial charge is 0.293 e. The van der Waals surface area contributed by atoms with Crippen molar-refractivity contribution in [3.05, 3.63) is 134 Å². The lowest BCUT2D eigenvalue weighted by atomic mass is 9.96. The molecule has 0 spiro atoms. The number of hydrogen-bond acceptors (Lipinski definition) is 5. The Bertz CT molecular complexity index is 2580. The van der Waals surface area contributed by atoms with E-state index in [0.29, 0.717) is 5.95 Å². The first-order valence-corrected chi connectivity index (χ1v) is 14.7. The Hall–Kier alpha value is -6.14. The van der Waals surface area contributed by atoms with Crippen LogP contribution in [0.1, 0.15) is 0 Å². The molecule has 5 aromatic carbocycles. The van der Waals surface area contributed by atoms with Crippen molar-refractivity contribution >= 4 is 71.8 Å². The highest BCUT2D eigenvalue weighted by atomic mass is 15.3. The SMILES string of the molecule is c1ccc2c(c1)-c1nccc3c1c(nc1ccccc13)N2c1nc(-n2c3ccccc3c3ccccc32)c2ccccc2n1. The zero-order valence-electron chi connectivity index (χ0n) is 23.4. The number of para-hydroxylation sites is 5. The van der Waals surface area contributed by atoms with Crippen molar-refractivity contribution in [1.29, 1.82) is 0 Å². The standard InChI is InChI=1S/C38H22N6/c1-6-16-29-23(11-1)26-21-22-39-35-28-15-5-10-20-33(28)44(37(40-29)34(26)35)38-41-30-17-7-2-14-27(30)36(42-38)43-31-18-8-3-12-24(31)25-13-4-9-19-32(25)43/h1-22H. The molecular formula is C38H22N6. The molecule has 0 radical (unpaired) electrons. The van der Waals surface area contributed by atoms with Crippen molar-refractivity contribution in [3.8, 4) is 17.1 Å². The third kappa shape index (κ3) is 3.08. The van der Waals surface area contributed by atoms with Crippen LogP contribution in [0.4, 0.5) is 17.5 Å². The molecule has 0 N–H and O–H groups in total. The van der Waals surface area contributed by atoms with Crippen LogP contribution >= 0.6 is 0 Å². The maximum atomic E-state index is 5.42. The van der Waals surface area contributed by atoms with Gasteiger partial charge in [-0.15, -0.1) is 0 Å². The minimum atomic E-state index is 0.562. The molecule has 0 fully saturated rings. The van der Waals surface area contributed by atoms with Crippen LogP contribution in [-0.2, 0) is 0 Å². The van der Waals surface area contributed by atoms with E-state index < -0.39 is 0 Å². The fraction of sp³-hybridized carbons (Fsp3) is 0. The molecule has 0 aliphatic carbocycles. The summed E-state index contributed by atoms with van der Waals surface area (Å²) >= 11 is 0. The van der Waals surface area contributed by atoms with Gasteiger partial charge in [-0.25, -0.2) is 9.97 Å². The van der Waals surface area contributed by atoms with Crippen LogP contribution in [0.5, 0.6) is 0 Å².